The maximum absolute atomic E-state index is 13.1. The third-order valence-corrected chi connectivity index (χ3v) is 4.14. The molecule has 2 aromatic rings. The summed E-state index contributed by atoms with van der Waals surface area (Å²) in [6, 6.07) is 8.60. The first-order valence-corrected chi connectivity index (χ1v) is 9.11. The summed E-state index contributed by atoms with van der Waals surface area (Å²) in [7, 11) is 3.02. The Balaban J connectivity index is 2.69. The lowest BCUT2D eigenvalue weighted by molar-refractivity contribution is 0.0527. The Bertz CT molecular complexity index is 867. The number of halogens is 1. The molecule has 7 heteroatoms. The van der Waals surface area contributed by atoms with Gasteiger partial charge in [0.1, 0.15) is 5.60 Å². The van der Waals surface area contributed by atoms with Crippen molar-refractivity contribution in [1.82, 2.24) is 4.57 Å². The highest BCUT2D eigenvalue weighted by atomic mass is 79.9. The number of aromatic nitrogens is 1. The van der Waals surface area contributed by atoms with Crippen molar-refractivity contribution in [1.29, 1.82) is 0 Å². The van der Waals surface area contributed by atoms with Crippen LogP contribution < -0.4 is 15.0 Å². The van der Waals surface area contributed by atoms with Crippen LogP contribution >= 0.6 is 15.9 Å². The molecule has 0 atom stereocenters. The van der Waals surface area contributed by atoms with Crippen LogP contribution in [0.1, 0.15) is 26.5 Å². The van der Waals surface area contributed by atoms with E-state index in [2.05, 4.69) is 15.9 Å². The number of ether oxygens (including phenoxy) is 3. The van der Waals surface area contributed by atoms with E-state index in [1.807, 2.05) is 0 Å². The SMILES string of the molecule is COc1cccc(-c2ccc(CBr)n(C(=O)OC(C)(C)C)c2=O)c1OC. The van der Waals surface area contributed by atoms with Crippen molar-refractivity contribution in [2.75, 3.05) is 14.2 Å². The molecule has 0 radical (unpaired) electrons. The summed E-state index contributed by atoms with van der Waals surface area (Å²) in [6.07, 6.45) is -0.722. The normalized spacial score (nSPS) is 11.2. The molecule has 1 aromatic carbocycles. The number of hydrogen-bond acceptors (Lipinski definition) is 5. The Labute approximate surface area is 160 Å². The van der Waals surface area contributed by atoms with Crippen molar-refractivity contribution in [3.8, 4) is 22.6 Å². The standard InChI is InChI=1S/C19H22BrNO5/c1-19(2,3)26-18(23)21-12(11-20)9-10-14(17(21)22)13-7-6-8-15(24-4)16(13)25-5/h6-10H,11H2,1-5H3. The van der Waals surface area contributed by atoms with Crippen LogP contribution in [0, 0.1) is 0 Å². The summed E-state index contributed by atoms with van der Waals surface area (Å²) in [5.41, 5.74) is 0.147. The average Bonchev–Trinajstić information content (AvgIpc) is 2.58. The van der Waals surface area contributed by atoms with Crippen LogP contribution in [-0.4, -0.2) is 30.5 Å². The molecule has 0 unspecified atom stereocenters. The van der Waals surface area contributed by atoms with Gasteiger partial charge in [-0.2, -0.15) is 0 Å². The summed E-state index contributed by atoms with van der Waals surface area (Å²) in [4.78, 5) is 25.7. The third-order valence-electron chi connectivity index (χ3n) is 3.57. The number of alkyl halides is 1. The van der Waals surface area contributed by atoms with Gasteiger partial charge in [0.25, 0.3) is 5.56 Å². The molecule has 0 aliphatic carbocycles. The summed E-state index contributed by atoms with van der Waals surface area (Å²) in [6.45, 7) is 5.25. The maximum atomic E-state index is 13.1. The van der Waals surface area contributed by atoms with E-state index in [4.69, 9.17) is 14.2 Å². The fourth-order valence-corrected chi connectivity index (χ4v) is 2.93. The molecule has 0 aliphatic heterocycles. The molecule has 2 rings (SSSR count). The van der Waals surface area contributed by atoms with E-state index in [1.54, 1.807) is 51.1 Å². The topological polar surface area (TPSA) is 66.8 Å². The molecule has 0 aliphatic rings. The molecule has 0 saturated heterocycles. The van der Waals surface area contributed by atoms with Crippen LogP contribution in [0.4, 0.5) is 4.79 Å². The molecular formula is C19H22BrNO5. The van der Waals surface area contributed by atoms with Gasteiger partial charge in [0.15, 0.2) is 11.5 Å². The van der Waals surface area contributed by atoms with Gasteiger partial charge in [-0.1, -0.05) is 28.1 Å². The van der Waals surface area contributed by atoms with Gasteiger partial charge in [-0.25, -0.2) is 9.36 Å². The zero-order valence-electron chi connectivity index (χ0n) is 15.5. The van der Waals surface area contributed by atoms with Crippen LogP contribution in [0.25, 0.3) is 11.1 Å². The zero-order chi connectivity index (χ0) is 19.5. The van der Waals surface area contributed by atoms with Crippen molar-refractivity contribution >= 4 is 22.0 Å². The van der Waals surface area contributed by atoms with Crippen LogP contribution in [0.15, 0.2) is 35.1 Å². The first-order chi connectivity index (χ1) is 12.2. The Hall–Kier alpha value is -2.28. The van der Waals surface area contributed by atoms with Crippen LogP contribution in [0.5, 0.6) is 11.5 Å². The highest BCUT2D eigenvalue weighted by molar-refractivity contribution is 9.08. The van der Waals surface area contributed by atoms with Crippen LogP contribution in [0.3, 0.4) is 0 Å². The van der Waals surface area contributed by atoms with E-state index in [-0.39, 0.29) is 0 Å². The van der Waals surface area contributed by atoms with Crippen molar-refractivity contribution in [2.24, 2.45) is 0 Å². The quantitative estimate of drug-likeness (QED) is 0.688. The lowest BCUT2D eigenvalue weighted by atomic mass is 10.0. The molecule has 0 amide bonds. The molecule has 0 bridgehead atoms. The number of nitrogens with zero attached hydrogens (tertiary/aromatic N) is 1. The minimum absolute atomic E-state index is 0.316. The van der Waals surface area contributed by atoms with Gasteiger partial charge in [0.05, 0.1) is 19.8 Å². The Morgan fingerprint density at radius 3 is 2.31 bits per heavy atom. The Kier molecular flexibility index (Phi) is 6.13. The molecule has 26 heavy (non-hydrogen) atoms. The average molecular weight is 424 g/mol. The van der Waals surface area contributed by atoms with E-state index < -0.39 is 17.3 Å². The molecule has 1 aromatic heterocycles. The molecular weight excluding hydrogens is 402 g/mol. The van der Waals surface area contributed by atoms with E-state index in [9.17, 15) is 9.59 Å². The van der Waals surface area contributed by atoms with Crippen LogP contribution in [-0.2, 0) is 10.1 Å². The zero-order valence-corrected chi connectivity index (χ0v) is 17.0. The van der Waals surface area contributed by atoms with Crippen molar-refractivity contribution in [2.45, 2.75) is 31.7 Å². The second-order valence-electron chi connectivity index (χ2n) is 6.53. The number of carbonyl (C=O) groups is 1. The number of methoxy groups -OCH3 is 2. The summed E-state index contributed by atoms with van der Waals surface area (Å²) < 4.78 is 17.1. The van der Waals surface area contributed by atoms with Gasteiger partial charge in [-0.05, 0) is 39.0 Å². The monoisotopic (exact) mass is 423 g/mol. The van der Waals surface area contributed by atoms with Gasteiger partial charge < -0.3 is 14.2 Å². The van der Waals surface area contributed by atoms with Gasteiger partial charge in [0.2, 0.25) is 0 Å². The second kappa shape index (κ2) is 7.95. The number of para-hydroxylation sites is 1. The van der Waals surface area contributed by atoms with Gasteiger partial charge in [0, 0.05) is 16.6 Å². The number of rotatable bonds is 4. The fourth-order valence-electron chi connectivity index (χ4n) is 2.49. The minimum atomic E-state index is -0.722. The Morgan fingerprint density at radius 2 is 1.77 bits per heavy atom. The lowest BCUT2D eigenvalue weighted by Gasteiger charge is -2.21. The molecule has 1 heterocycles. The van der Waals surface area contributed by atoms with Crippen molar-refractivity contribution in [3.05, 3.63) is 46.4 Å². The first-order valence-electron chi connectivity index (χ1n) is 7.99. The van der Waals surface area contributed by atoms with Gasteiger partial charge >= 0.3 is 6.09 Å². The van der Waals surface area contributed by atoms with Gasteiger partial charge in [-0.15, -0.1) is 0 Å². The predicted molar refractivity (Wildman–Crippen MR) is 104 cm³/mol. The van der Waals surface area contributed by atoms with E-state index >= 15 is 0 Å². The molecule has 6 nitrogen and oxygen atoms in total. The lowest BCUT2D eigenvalue weighted by Crippen LogP contribution is -2.35. The molecule has 0 fully saturated rings. The molecule has 0 spiro atoms. The number of benzene rings is 1. The molecule has 0 saturated carbocycles. The molecule has 0 N–H and O–H groups in total. The fraction of sp³-hybridized carbons (Fsp3) is 0.368. The summed E-state index contributed by atoms with van der Waals surface area (Å²) in [5.74, 6) is 0.923. The smallest absolute Gasteiger partial charge is 0.421 e. The summed E-state index contributed by atoms with van der Waals surface area (Å²) in [5, 5.41) is 0.330. The van der Waals surface area contributed by atoms with E-state index in [0.717, 1.165) is 4.57 Å². The highest BCUT2D eigenvalue weighted by Gasteiger charge is 2.23. The maximum Gasteiger partial charge on any atom is 0.421 e. The van der Waals surface area contributed by atoms with E-state index in [1.165, 1.54) is 14.2 Å². The number of pyridine rings is 1. The number of carbonyl (C=O) groups excluding carboxylic acids is 1. The van der Waals surface area contributed by atoms with Crippen molar-refractivity contribution < 1.29 is 19.0 Å². The predicted octanol–water partition coefficient (Wildman–Crippen LogP) is 4.21. The van der Waals surface area contributed by atoms with E-state index in [0.29, 0.717) is 33.6 Å². The van der Waals surface area contributed by atoms with Gasteiger partial charge in [-0.3, -0.25) is 4.79 Å². The largest absolute Gasteiger partial charge is 0.493 e. The molecule has 140 valence electrons. The Morgan fingerprint density at radius 1 is 1.08 bits per heavy atom. The van der Waals surface area contributed by atoms with Crippen molar-refractivity contribution in [3.63, 3.8) is 0 Å². The van der Waals surface area contributed by atoms with Crippen LogP contribution in [0.2, 0.25) is 0 Å². The number of hydrogen-bond donors (Lipinski definition) is 0. The second-order valence-corrected chi connectivity index (χ2v) is 7.09. The third kappa shape index (κ3) is 4.09. The summed E-state index contributed by atoms with van der Waals surface area (Å²) >= 11 is 3.31. The first kappa shape index (κ1) is 20.0. The minimum Gasteiger partial charge on any atom is -0.493 e. The highest BCUT2D eigenvalue weighted by Crippen LogP contribution is 2.36.